The van der Waals surface area contributed by atoms with Gasteiger partial charge in [-0.1, -0.05) is 6.07 Å². The minimum Gasteiger partial charge on any atom is -0.493 e. The van der Waals surface area contributed by atoms with Crippen molar-refractivity contribution in [2.24, 2.45) is 0 Å². The molecule has 0 spiro atoms. The molecule has 9 unspecified atom stereocenters. The lowest BCUT2D eigenvalue weighted by Crippen LogP contribution is -2.60. The van der Waals surface area contributed by atoms with Gasteiger partial charge in [0.25, 0.3) is 0 Å². The lowest BCUT2D eigenvalue weighted by molar-refractivity contribution is -0.289. The highest BCUT2D eigenvalue weighted by atomic mass is 16.7. The molecule has 0 aliphatic carbocycles. The number of ether oxygens (including phenoxy) is 8. The standard InChI is InChI=1S/C29H38O16/c1-38-17-6-5-15(9-19(17)39-2)26(36)42-12-29(37)13-43-28(25(29)35)41-11-21-22(32)23(33)24(34)27(45-21)44-18-7-4-14(16(31)10-30)8-20(18)40-3/h4-9,16,21-25,27-28,30-35,37H,10-13H2,1-3H3. The Morgan fingerprint density at radius 1 is 0.911 bits per heavy atom. The molecule has 250 valence electrons. The molecule has 7 N–H and O–H groups in total. The number of aliphatic hydroxyl groups excluding tert-OH is 6. The molecule has 0 bridgehead atoms. The van der Waals surface area contributed by atoms with Gasteiger partial charge in [-0.25, -0.2) is 4.79 Å². The molecule has 16 nitrogen and oxygen atoms in total. The SMILES string of the molecule is COc1ccc(C(=O)OCC2(O)COC(OCC3OC(Oc4ccc(C(O)CO)cc4OC)C(O)C(O)C3O)C2O)cc1OC. The summed E-state index contributed by atoms with van der Waals surface area (Å²) >= 11 is 0. The average molecular weight is 643 g/mol. The van der Waals surface area contributed by atoms with Crippen LogP contribution in [0, 0.1) is 0 Å². The highest BCUT2D eigenvalue weighted by Crippen LogP contribution is 2.34. The van der Waals surface area contributed by atoms with E-state index in [9.17, 15) is 40.5 Å². The van der Waals surface area contributed by atoms with E-state index >= 15 is 0 Å². The summed E-state index contributed by atoms with van der Waals surface area (Å²) in [6.07, 6.45) is -12.2. The summed E-state index contributed by atoms with van der Waals surface area (Å²) in [5.41, 5.74) is -1.61. The van der Waals surface area contributed by atoms with Gasteiger partial charge in [-0.3, -0.25) is 0 Å². The second-order valence-electron chi connectivity index (χ2n) is 10.4. The highest BCUT2D eigenvalue weighted by molar-refractivity contribution is 5.90. The summed E-state index contributed by atoms with van der Waals surface area (Å²) < 4.78 is 43.0. The van der Waals surface area contributed by atoms with Crippen molar-refractivity contribution >= 4 is 5.97 Å². The first-order valence-electron chi connectivity index (χ1n) is 13.8. The molecule has 2 aliphatic heterocycles. The van der Waals surface area contributed by atoms with Crippen molar-refractivity contribution in [3.05, 3.63) is 47.5 Å². The Labute approximate surface area is 257 Å². The summed E-state index contributed by atoms with van der Waals surface area (Å²) in [4.78, 5) is 12.6. The predicted molar refractivity (Wildman–Crippen MR) is 149 cm³/mol. The molecule has 0 amide bonds. The number of methoxy groups -OCH3 is 3. The molecule has 45 heavy (non-hydrogen) atoms. The normalized spacial score (nSPS) is 30.4. The van der Waals surface area contributed by atoms with Crippen LogP contribution in [0.15, 0.2) is 36.4 Å². The van der Waals surface area contributed by atoms with Crippen LogP contribution in [0.5, 0.6) is 23.0 Å². The Kier molecular flexibility index (Phi) is 11.4. The van der Waals surface area contributed by atoms with Gasteiger partial charge in [-0.2, -0.15) is 0 Å². The number of hydrogen-bond donors (Lipinski definition) is 7. The zero-order valence-electron chi connectivity index (χ0n) is 24.7. The minimum atomic E-state index is -2.05. The number of rotatable bonds is 13. The zero-order chi connectivity index (χ0) is 32.9. The maximum Gasteiger partial charge on any atom is 0.338 e. The number of hydrogen-bond acceptors (Lipinski definition) is 16. The fourth-order valence-electron chi connectivity index (χ4n) is 4.72. The topological polar surface area (TPSA) is 233 Å². The van der Waals surface area contributed by atoms with Crippen molar-refractivity contribution in [2.75, 3.05) is 47.8 Å². The number of carbonyl (C=O) groups is 1. The van der Waals surface area contributed by atoms with E-state index in [0.29, 0.717) is 11.3 Å². The lowest BCUT2D eigenvalue weighted by atomic mass is 9.99. The molecule has 0 radical (unpaired) electrons. The summed E-state index contributed by atoms with van der Waals surface area (Å²) in [6.45, 7) is -2.14. The van der Waals surface area contributed by atoms with Crippen LogP contribution >= 0.6 is 0 Å². The Morgan fingerprint density at radius 2 is 1.58 bits per heavy atom. The maximum absolute atomic E-state index is 12.6. The van der Waals surface area contributed by atoms with Gasteiger partial charge in [0.1, 0.15) is 43.2 Å². The van der Waals surface area contributed by atoms with Crippen molar-refractivity contribution in [1.82, 2.24) is 0 Å². The second-order valence-corrected chi connectivity index (χ2v) is 10.4. The van der Waals surface area contributed by atoms with Gasteiger partial charge in [0.2, 0.25) is 6.29 Å². The summed E-state index contributed by atoms with van der Waals surface area (Å²) in [5.74, 6) is 0.0520. The third-order valence-electron chi connectivity index (χ3n) is 7.46. The summed E-state index contributed by atoms with van der Waals surface area (Å²) in [5, 5.41) is 72.2. The summed E-state index contributed by atoms with van der Waals surface area (Å²) in [6, 6.07) is 8.58. The molecule has 2 aromatic rings. The Bertz CT molecular complexity index is 1290. The monoisotopic (exact) mass is 642 g/mol. The Balaban J connectivity index is 1.35. The van der Waals surface area contributed by atoms with Crippen LogP contribution in [-0.4, -0.2) is 138 Å². The molecule has 2 fully saturated rings. The van der Waals surface area contributed by atoms with E-state index in [1.54, 1.807) is 0 Å². The van der Waals surface area contributed by atoms with Crippen LogP contribution in [0.2, 0.25) is 0 Å². The molecule has 0 saturated carbocycles. The van der Waals surface area contributed by atoms with E-state index in [1.807, 2.05) is 0 Å². The van der Waals surface area contributed by atoms with Gasteiger partial charge in [-0.15, -0.1) is 0 Å². The van der Waals surface area contributed by atoms with E-state index in [2.05, 4.69) is 0 Å². The molecular weight excluding hydrogens is 604 g/mol. The second kappa shape index (κ2) is 14.9. The van der Waals surface area contributed by atoms with Crippen LogP contribution in [-0.2, 0) is 18.9 Å². The van der Waals surface area contributed by atoms with Crippen LogP contribution in [0.4, 0.5) is 0 Å². The Hall–Kier alpha value is -3.29. The van der Waals surface area contributed by atoms with E-state index in [0.717, 1.165) is 0 Å². The van der Waals surface area contributed by atoms with E-state index in [1.165, 1.54) is 57.7 Å². The van der Waals surface area contributed by atoms with Crippen molar-refractivity contribution < 1.29 is 78.4 Å². The van der Waals surface area contributed by atoms with Gasteiger partial charge >= 0.3 is 5.97 Å². The predicted octanol–water partition coefficient (Wildman–Crippen LogP) is -1.75. The van der Waals surface area contributed by atoms with Gasteiger partial charge in [-0.05, 0) is 35.9 Å². The van der Waals surface area contributed by atoms with Crippen LogP contribution in [0.1, 0.15) is 22.0 Å². The molecule has 2 heterocycles. The van der Waals surface area contributed by atoms with Crippen molar-refractivity contribution in [1.29, 1.82) is 0 Å². The molecule has 16 heteroatoms. The van der Waals surface area contributed by atoms with Gasteiger partial charge in [0.05, 0.1) is 46.7 Å². The number of aliphatic hydroxyl groups is 7. The van der Waals surface area contributed by atoms with Crippen LogP contribution < -0.4 is 18.9 Å². The highest BCUT2D eigenvalue weighted by Gasteiger charge is 2.51. The zero-order valence-corrected chi connectivity index (χ0v) is 24.7. The van der Waals surface area contributed by atoms with Crippen LogP contribution in [0.25, 0.3) is 0 Å². The lowest BCUT2D eigenvalue weighted by Gasteiger charge is -2.40. The Morgan fingerprint density at radius 3 is 2.24 bits per heavy atom. The van der Waals surface area contributed by atoms with Gasteiger partial charge in [0.15, 0.2) is 34.9 Å². The first-order chi connectivity index (χ1) is 21.5. The number of carbonyl (C=O) groups excluding carboxylic acids is 1. The van der Waals surface area contributed by atoms with E-state index in [-0.39, 0.29) is 22.8 Å². The number of esters is 1. The molecule has 4 rings (SSSR count). The fourth-order valence-corrected chi connectivity index (χ4v) is 4.72. The molecule has 2 aromatic carbocycles. The first kappa shape index (κ1) is 34.6. The number of benzene rings is 2. The van der Waals surface area contributed by atoms with E-state index in [4.69, 9.17) is 37.9 Å². The van der Waals surface area contributed by atoms with Crippen molar-refractivity contribution in [3.63, 3.8) is 0 Å². The van der Waals surface area contributed by atoms with Crippen LogP contribution in [0.3, 0.4) is 0 Å². The van der Waals surface area contributed by atoms with Crippen molar-refractivity contribution in [2.45, 2.75) is 54.8 Å². The summed E-state index contributed by atoms with van der Waals surface area (Å²) in [7, 11) is 4.17. The van der Waals surface area contributed by atoms with E-state index < -0.39 is 87.2 Å². The fraction of sp³-hybridized carbons (Fsp3) is 0.552. The minimum absolute atomic E-state index is 0.0564. The largest absolute Gasteiger partial charge is 0.493 e. The quantitative estimate of drug-likeness (QED) is 0.120. The smallest absolute Gasteiger partial charge is 0.338 e. The molecule has 9 atom stereocenters. The van der Waals surface area contributed by atoms with Gasteiger partial charge in [0, 0.05) is 0 Å². The molecule has 2 saturated heterocycles. The third-order valence-corrected chi connectivity index (χ3v) is 7.46. The van der Waals surface area contributed by atoms with Crippen molar-refractivity contribution in [3.8, 4) is 23.0 Å². The first-order valence-corrected chi connectivity index (χ1v) is 13.8. The molecular formula is C29H38O16. The average Bonchev–Trinajstić information content (AvgIpc) is 3.35. The molecule has 0 aromatic heterocycles. The third kappa shape index (κ3) is 7.58. The molecule has 2 aliphatic rings. The van der Waals surface area contributed by atoms with Gasteiger partial charge < -0.3 is 73.6 Å². The maximum atomic E-state index is 12.6.